The molecule has 2 heteroatoms. The summed E-state index contributed by atoms with van der Waals surface area (Å²) in [4.78, 5) is 0. The van der Waals surface area contributed by atoms with E-state index in [1.54, 1.807) is 0 Å². The van der Waals surface area contributed by atoms with Gasteiger partial charge in [-0.25, -0.2) is 0 Å². The highest BCUT2D eigenvalue weighted by Crippen LogP contribution is 2.40. The second-order valence-electron chi connectivity index (χ2n) is 6.34. The van der Waals surface area contributed by atoms with Gasteiger partial charge in [-0.1, -0.05) is 39.0 Å². The summed E-state index contributed by atoms with van der Waals surface area (Å²) < 4.78 is 6.19. The Labute approximate surface area is 117 Å². The van der Waals surface area contributed by atoms with E-state index in [0.717, 1.165) is 31.1 Å². The van der Waals surface area contributed by atoms with Crippen molar-refractivity contribution in [2.45, 2.75) is 58.6 Å². The zero-order valence-corrected chi connectivity index (χ0v) is 12.7. The van der Waals surface area contributed by atoms with Crippen LogP contribution in [0.25, 0.3) is 0 Å². The first-order chi connectivity index (χ1) is 9.04. The Morgan fingerprint density at radius 3 is 2.79 bits per heavy atom. The van der Waals surface area contributed by atoms with Crippen molar-refractivity contribution in [3.63, 3.8) is 0 Å². The highest BCUT2D eigenvalue weighted by atomic mass is 16.5. The van der Waals surface area contributed by atoms with Gasteiger partial charge in [-0.15, -0.1) is 0 Å². The molecular weight excluding hydrogens is 234 g/mol. The lowest BCUT2D eigenvalue weighted by Gasteiger charge is -2.40. The Balaban J connectivity index is 2.12. The highest BCUT2D eigenvalue weighted by molar-refractivity contribution is 5.38. The van der Waals surface area contributed by atoms with Gasteiger partial charge in [0.15, 0.2) is 0 Å². The van der Waals surface area contributed by atoms with Crippen molar-refractivity contribution in [2.75, 3.05) is 6.54 Å². The van der Waals surface area contributed by atoms with E-state index in [1.165, 1.54) is 12.0 Å². The van der Waals surface area contributed by atoms with Crippen LogP contribution in [0.2, 0.25) is 0 Å². The lowest BCUT2D eigenvalue weighted by molar-refractivity contribution is 0.0441. The molecule has 2 rings (SSSR count). The molecule has 0 aliphatic carbocycles. The molecule has 0 saturated carbocycles. The van der Waals surface area contributed by atoms with Gasteiger partial charge in [0.2, 0.25) is 0 Å². The summed E-state index contributed by atoms with van der Waals surface area (Å²) in [5.74, 6) is 1.81. The van der Waals surface area contributed by atoms with Crippen molar-refractivity contribution in [1.82, 2.24) is 5.32 Å². The fourth-order valence-corrected chi connectivity index (χ4v) is 2.66. The highest BCUT2D eigenvalue weighted by Gasteiger charge is 2.35. The van der Waals surface area contributed by atoms with E-state index in [2.05, 4.69) is 57.3 Å². The number of nitrogens with one attached hydrogen (secondary N) is 1. The third kappa shape index (κ3) is 3.50. The topological polar surface area (TPSA) is 21.3 Å². The van der Waals surface area contributed by atoms with Gasteiger partial charge in [0.1, 0.15) is 11.4 Å². The monoisotopic (exact) mass is 261 g/mol. The van der Waals surface area contributed by atoms with E-state index in [4.69, 9.17) is 4.74 Å². The van der Waals surface area contributed by atoms with Gasteiger partial charge in [0.05, 0.1) is 0 Å². The SMILES string of the molecule is CCC1(C)CC(NCCC(C)C)c2ccccc2O1. The van der Waals surface area contributed by atoms with Crippen LogP contribution in [-0.2, 0) is 0 Å². The molecule has 1 aromatic rings. The van der Waals surface area contributed by atoms with Crippen LogP contribution in [0.15, 0.2) is 24.3 Å². The van der Waals surface area contributed by atoms with Crippen LogP contribution in [0.5, 0.6) is 5.75 Å². The van der Waals surface area contributed by atoms with Crippen LogP contribution >= 0.6 is 0 Å². The normalized spacial score (nSPS) is 26.1. The Morgan fingerprint density at radius 1 is 1.37 bits per heavy atom. The number of para-hydroxylation sites is 1. The largest absolute Gasteiger partial charge is 0.487 e. The molecular formula is C17H27NO. The van der Waals surface area contributed by atoms with Crippen LogP contribution < -0.4 is 10.1 Å². The number of fused-ring (bicyclic) bond motifs is 1. The Morgan fingerprint density at radius 2 is 2.11 bits per heavy atom. The summed E-state index contributed by atoms with van der Waals surface area (Å²) in [5, 5.41) is 3.72. The average molecular weight is 261 g/mol. The summed E-state index contributed by atoms with van der Waals surface area (Å²) in [7, 11) is 0. The van der Waals surface area contributed by atoms with E-state index in [1.807, 2.05) is 0 Å². The second-order valence-corrected chi connectivity index (χ2v) is 6.34. The Bertz CT molecular complexity index is 415. The van der Waals surface area contributed by atoms with Crippen LogP contribution in [0, 0.1) is 5.92 Å². The quantitative estimate of drug-likeness (QED) is 0.852. The predicted octanol–water partition coefficient (Wildman–Crippen LogP) is 4.31. The van der Waals surface area contributed by atoms with Gasteiger partial charge in [0, 0.05) is 18.0 Å². The van der Waals surface area contributed by atoms with Crippen LogP contribution in [0.4, 0.5) is 0 Å². The summed E-state index contributed by atoms with van der Waals surface area (Å²) in [6, 6.07) is 8.88. The number of rotatable bonds is 5. The lowest BCUT2D eigenvalue weighted by Crippen LogP contribution is -2.41. The van der Waals surface area contributed by atoms with Gasteiger partial charge in [-0.05, 0) is 38.3 Å². The molecule has 19 heavy (non-hydrogen) atoms. The van der Waals surface area contributed by atoms with Gasteiger partial charge in [-0.3, -0.25) is 0 Å². The summed E-state index contributed by atoms with van der Waals surface area (Å²) >= 11 is 0. The minimum atomic E-state index is -0.0378. The van der Waals surface area contributed by atoms with Crippen molar-refractivity contribution >= 4 is 0 Å². The summed E-state index contributed by atoms with van der Waals surface area (Å²) in [6.07, 6.45) is 3.32. The Hall–Kier alpha value is -1.02. The van der Waals surface area contributed by atoms with Gasteiger partial charge in [0.25, 0.3) is 0 Å². The standard InChI is InChI=1S/C17H27NO/c1-5-17(4)12-15(18-11-10-13(2)3)14-8-6-7-9-16(14)19-17/h6-9,13,15,18H,5,10-12H2,1-4H3. The van der Waals surface area contributed by atoms with Crippen molar-refractivity contribution < 1.29 is 4.74 Å². The molecule has 0 saturated heterocycles. The van der Waals surface area contributed by atoms with Gasteiger partial charge >= 0.3 is 0 Å². The molecule has 0 aromatic heterocycles. The molecule has 106 valence electrons. The molecule has 2 nitrogen and oxygen atoms in total. The van der Waals surface area contributed by atoms with Crippen molar-refractivity contribution in [1.29, 1.82) is 0 Å². The first-order valence-corrected chi connectivity index (χ1v) is 7.55. The van der Waals surface area contributed by atoms with E-state index < -0.39 is 0 Å². The van der Waals surface area contributed by atoms with Crippen molar-refractivity contribution in [3.05, 3.63) is 29.8 Å². The first-order valence-electron chi connectivity index (χ1n) is 7.55. The smallest absolute Gasteiger partial charge is 0.124 e. The molecule has 1 aliphatic rings. The van der Waals surface area contributed by atoms with Gasteiger partial charge in [-0.2, -0.15) is 0 Å². The van der Waals surface area contributed by atoms with Gasteiger partial charge < -0.3 is 10.1 Å². The molecule has 1 aliphatic heterocycles. The molecule has 2 atom stereocenters. The molecule has 1 N–H and O–H groups in total. The minimum Gasteiger partial charge on any atom is -0.487 e. The van der Waals surface area contributed by atoms with E-state index in [-0.39, 0.29) is 5.60 Å². The van der Waals surface area contributed by atoms with E-state index in [0.29, 0.717) is 6.04 Å². The molecule has 0 fully saturated rings. The minimum absolute atomic E-state index is 0.0378. The van der Waals surface area contributed by atoms with Crippen LogP contribution in [-0.4, -0.2) is 12.1 Å². The Kier molecular flexibility index (Phi) is 4.51. The van der Waals surface area contributed by atoms with Crippen LogP contribution in [0.3, 0.4) is 0 Å². The molecule has 0 bridgehead atoms. The lowest BCUT2D eigenvalue weighted by atomic mass is 9.86. The predicted molar refractivity (Wildman–Crippen MR) is 80.6 cm³/mol. The fourth-order valence-electron chi connectivity index (χ4n) is 2.66. The summed E-state index contributed by atoms with van der Waals surface area (Å²) in [5.41, 5.74) is 1.28. The molecule has 0 spiro atoms. The third-order valence-corrected chi connectivity index (χ3v) is 4.15. The molecule has 0 amide bonds. The zero-order chi connectivity index (χ0) is 13.9. The molecule has 0 radical (unpaired) electrons. The van der Waals surface area contributed by atoms with Crippen LogP contribution in [0.1, 0.15) is 58.6 Å². The molecule has 1 heterocycles. The number of ether oxygens (including phenoxy) is 1. The maximum atomic E-state index is 6.19. The summed E-state index contributed by atoms with van der Waals surface area (Å²) in [6.45, 7) is 10.1. The molecule has 1 aromatic carbocycles. The third-order valence-electron chi connectivity index (χ3n) is 4.15. The van der Waals surface area contributed by atoms with E-state index >= 15 is 0 Å². The second kappa shape index (κ2) is 5.96. The zero-order valence-electron chi connectivity index (χ0n) is 12.7. The number of hydrogen-bond donors (Lipinski definition) is 1. The fraction of sp³-hybridized carbons (Fsp3) is 0.647. The molecule has 2 unspecified atom stereocenters. The van der Waals surface area contributed by atoms with Crippen molar-refractivity contribution in [2.24, 2.45) is 5.92 Å². The van der Waals surface area contributed by atoms with Crippen molar-refractivity contribution in [3.8, 4) is 5.75 Å². The maximum absolute atomic E-state index is 6.19. The maximum Gasteiger partial charge on any atom is 0.124 e. The first kappa shape index (κ1) is 14.4. The van der Waals surface area contributed by atoms with E-state index in [9.17, 15) is 0 Å². The average Bonchev–Trinajstić information content (AvgIpc) is 2.38. The number of hydrogen-bond acceptors (Lipinski definition) is 2. The number of benzene rings is 1.